The molecule has 2 aliphatic heterocycles. The van der Waals surface area contributed by atoms with Crippen molar-refractivity contribution in [3.63, 3.8) is 0 Å². The highest BCUT2D eigenvalue weighted by Crippen LogP contribution is 2.29. The van der Waals surface area contributed by atoms with Gasteiger partial charge in [-0.15, -0.1) is 0 Å². The highest BCUT2D eigenvalue weighted by molar-refractivity contribution is 5.94. The Labute approximate surface area is 165 Å². The lowest BCUT2D eigenvalue weighted by atomic mass is 10.0. The number of rotatable bonds is 3. The average Bonchev–Trinajstić information content (AvgIpc) is 2.73. The van der Waals surface area contributed by atoms with E-state index in [-0.39, 0.29) is 5.91 Å². The second-order valence-corrected chi connectivity index (χ2v) is 7.43. The number of carbonyl (C=O) groups excluding carboxylic acids is 1. The lowest BCUT2D eigenvalue weighted by Crippen LogP contribution is -2.40. The SMILES string of the molecule is Cc1ccc(C(=O)N2CCc3nc(N4CCOCC4)nc(N(C)C)c3C2)cn1. The molecular weight excluding hydrogens is 356 g/mol. The summed E-state index contributed by atoms with van der Waals surface area (Å²) in [4.78, 5) is 32.9. The van der Waals surface area contributed by atoms with Gasteiger partial charge in [0.15, 0.2) is 0 Å². The predicted molar refractivity (Wildman–Crippen MR) is 107 cm³/mol. The molecule has 1 fully saturated rings. The van der Waals surface area contributed by atoms with Gasteiger partial charge in [0.25, 0.3) is 5.91 Å². The van der Waals surface area contributed by atoms with E-state index in [0.717, 1.165) is 48.2 Å². The van der Waals surface area contributed by atoms with Crippen LogP contribution in [0, 0.1) is 6.92 Å². The minimum atomic E-state index is 0.000104. The maximum Gasteiger partial charge on any atom is 0.255 e. The van der Waals surface area contributed by atoms with E-state index in [1.807, 2.05) is 43.0 Å². The summed E-state index contributed by atoms with van der Waals surface area (Å²) in [6.45, 7) is 6.08. The molecule has 0 radical (unpaired) electrons. The van der Waals surface area contributed by atoms with Gasteiger partial charge in [-0.2, -0.15) is 4.98 Å². The van der Waals surface area contributed by atoms with Crippen LogP contribution in [0.2, 0.25) is 0 Å². The van der Waals surface area contributed by atoms with E-state index >= 15 is 0 Å². The molecule has 2 aromatic rings. The summed E-state index contributed by atoms with van der Waals surface area (Å²) >= 11 is 0. The fraction of sp³-hybridized carbons (Fsp3) is 0.500. The van der Waals surface area contributed by atoms with Gasteiger partial charge >= 0.3 is 0 Å². The summed E-state index contributed by atoms with van der Waals surface area (Å²) in [6, 6.07) is 3.71. The number of anilines is 2. The van der Waals surface area contributed by atoms with Gasteiger partial charge in [0.2, 0.25) is 5.95 Å². The molecule has 1 amide bonds. The normalized spacial score (nSPS) is 16.7. The fourth-order valence-corrected chi connectivity index (χ4v) is 3.61. The van der Waals surface area contributed by atoms with E-state index in [1.54, 1.807) is 6.20 Å². The molecule has 0 aromatic carbocycles. The van der Waals surface area contributed by atoms with Crippen molar-refractivity contribution in [1.29, 1.82) is 0 Å². The Morgan fingerprint density at radius 3 is 2.61 bits per heavy atom. The van der Waals surface area contributed by atoms with Gasteiger partial charge in [-0.05, 0) is 19.1 Å². The second kappa shape index (κ2) is 7.71. The Morgan fingerprint density at radius 2 is 1.93 bits per heavy atom. The molecule has 8 heteroatoms. The molecule has 28 heavy (non-hydrogen) atoms. The first-order valence-electron chi connectivity index (χ1n) is 9.64. The van der Waals surface area contributed by atoms with Crippen LogP contribution >= 0.6 is 0 Å². The number of fused-ring (bicyclic) bond motifs is 1. The molecule has 0 unspecified atom stereocenters. The van der Waals surface area contributed by atoms with E-state index in [2.05, 4.69) is 9.88 Å². The van der Waals surface area contributed by atoms with E-state index in [4.69, 9.17) is 14.7 Å². The van der Waals surface area contributed by atoms with Crippen LogP contribution < -0.4 is 9.80 Å². The van der Waals surface area contributed by atoms with Crippen LogP contribution in [0.25, 0.3) is 0 Å². The number of nitrogens with zero attached hydrogens (tertiary/aromatic N) is 6. The van der Waals surface area contributed by atoms with Crippen LogP contribution in [0.4, 0.5) is 11.8 Å². The van der Waals surface area contributed by atoms with Crippen molar-refractivity contribution >= 4 is 17.7 Å². The van der Waals surface area contributed by atoms with Crippen LogP contribution in [0.1, 0.15) is 27.3 Å². The van der Waals surface area contributed by atoms with Crippen LogP contribution in [0.5, 0.6) is 0 Å². The zero-order valence-electron chi connectivity index (χ0n) is 16.7. The van der Waals surface area contributed by atoms with Crippen molar-refractivity contribution in [3.05, 3.63) is 40.8 Å². The van der Waals surface area contributed by atoms with Crippen LogP contribution in [0.15, 0.2) is 18.3 Å². The van der Waals surface area contributed by atoms with Crippen LogP contribution in [-0.4, -0.2) is 72.7 Å². The molecular formula is C20H26N6O2. The molecule has 0 spiro atoms. The van der Waals surface area contributed by atoms with Gasteiger partial charge in [0.1, 0.15) is 5.82 Å². The van der Waals surface area contributed by atoms with Gasteiger partial charge in [0, 0.05) is 57.6 Å². The minimum absolute atomic E-state index is 0.000104. The third-order valence-electron chi connectivity index (χ3n) is 5.19. The van der Waals surface area contributed by atoms with Crippen LogP contribution in [0.3, 0.4) is 0 Å². The number of hydrogen-bond donors (Lipinski definition) is 0. The molecule has 0 N–H and O–H groups in total. The van der Waals surface area contributed by atoms with Gasteiger partial charge in [-0.1, -0.05) is 0 Å². The van der Waals surface area contributed by atoms with Gasteiger partial charge < -0.3 is 19.4 Å². The van der Waals surface area contributed by atoms with E-state index in [0.29, 0.717) is 31.9 Å². The number of hydrogen-bond acceptors (Lipinski definition) is 7. The van der Waals surface area contributed by atoms with Crippen molar-refractivity contribution < 1.29 is 9.53 Å². The number of ether oxygens (including phenoxy) is 1. The topological polar surface area (TPSA) is 74.7 Å². The fourth-order valence-electron chi connectivity index (χ4n) is 3.61. The number of amides is 1. The molecule has 0 saturated carbocycles. The smallest absolute Gasteiger partial charge is 0.255 e. The van der Waals surface area contributed by atoms with Crippen molar-refractivity contribution in [3.8, 4) is 0 Å². The Kier molecular flexibility index (Phi) is 5.13. The summed E-state index contributed by atoms with van der Waals surface area (Å²) in [6.07, 6.45) is 2.37. The van der Waals surface area contributed by atoms with E-state index < -0.39 is 0 Å². The molecule has 2 aromatic heterocycles. The lowest BCUT2D eigenvalue weighted by molar-refractivity contribution is 0.0733. The first kappa shape index (κ1) is 18.6. The van der Waals surface area contributed by atoms with Gasteiger partial charge in [-0.3, -0.25) is 9.78 Å². The van der Waals surface area contributed by atoms with Crippen molar-refractivity contribution in [2.75, 3.05) is 56.7 Å². The minimum Gasteiger partial charge on any atom is -0.378 e. The number of pyridine rings is 1. The van der Waals surface area contributed by atoms with Gasteiger partial charge in [0.05, 0.1) is 31.0 Å². The largest absolute Gasteiger partial charge is 0.378 e. The average molecular weight is 382 g/mol. The highest BCUT2D eigenvalue weighted by Gasteiger charge is 2.28. The van der Waals surface area contributed by atoms with Gasteiger partial charge in [-0.25, -0.2) is 4.98 Å². The quantitative estimate of drug-likeness (QED) is 0.792. The summed E-state index contributed by atoms with van der Waals surface area (Å²) in [5.74, 6) is 1.64. The first-order chi connectivity index (χ1) is 13.5. The summed E-state index contributed by atoms with van der Waals surface area (Å²) in [5, 5.41) is 0. The van der Waals surface area contributed by atoms with Crippen molar-refractivity contribution in [2.45, 2.75) is 19.9 Å². The Morgan fingerprint density at radius 1 is 1.14 bits per heavy atom. The van der Waals surface area contributed by atoms with E-state index in [1.165, 1.54) is 0 Å². The molecule has 4 rings (SSSR count). The third-order valence-corrected chi connectivity index (χ3v) is 5.19. The first-order valence-corrected chi connectivity index (χ1v) is 9.64. The number of aromatic nitrogens is 3. The molecule has 8 nitrogen and oxygen atoms in total. The zero-order valence-corrected chi connectivity index (χ0v) is 16.7. The van der Waals surface area contributed by atoms with Crippen molar-refractivity contribution in [2.24, 2.45) is 0 Å². The number of aryl methyl sites for hydroxylation is 1. The second-order valence-electron chi connectivity index (χ2n) is 7.43. The third kappa shape index (κ3) is 3.64. The maximum absolute atomic E-state index is 12.9. The van der Waals surface area contributed by atoms with Crippen molar-refractivity contribution in [1.82, 2.24) is 19.9 Å². The van der Waals surface area contributed by atoms with Crippen LogP contribution in [-0.2, 0) is 17.7 Å². The summed E-state index contributed by atoms with van der Waals surface area (Å²) in [5.41, 5.74) is 3.58. The zero-order chi connectivity index (χ0) is 19.7. The molecule has 2 aliphatic rings. The predicted octanol–water partition coefficient (Wildman–Crippen LogP) is 1.28. The Bertz CT molecular complexity index is 862. The maximum atomic E-state index is 12.9. The molecule has 0 atom stereocenters. The molecule has 0 aliphatic carbocycles. The molecule has 4 heterocycles. The Balaban J connectivity index is 1.62. The molecule has 1 saturated heterocycles. The monoisotopic (exact) mass is 382 g/mol. The Hall–Kier alpha value is -2.74. The lowest BCUT2D eigenvalue weighted by Gasteiger charge is -2.33. The summed E-state index contributed by atoms with van der Waals surface area (Å²) in [7, 11) is 3.97. The molecule has 0 bridgehead atoms. The van der Waals surface area contributed by atoms with E-state index in [9.17, 15) is 4.79 Å². The number of carbonyl (C=O) groups is 1. The standard InChI is InChI=1S/C20H26N6O2/c1-14-4-5-15(12-21-14)19(27)26-7-6-17-16(13-26)18(24(2)3)23-20(22-17)25-8-10-28-11-9-25/h4-5,12H,6-11,13H2,1-3H3. The molecule has 148 valence electrons. The summed E-state index contributed by atoms with van der Waals surface area (Å²) < 4.78 is 5.44. The highest BCUT2D eigenvalue weighted by atomic mass is 16.5. The number of morpholine rings is 1.